The number of hydrogen-bond acceptors (Lipinski definition) is 3. The van der Waals surface area contributed by atoms with Crippen molar-refractivity contribution in [2.75, 3.05) is 32.8 Å². The minimum absolute atomic E-state index is 0. The number of ether oxygens (including phenoxy) is 1. The minimum atomic E-state index is -0.979. The molecule has 0 aliphatic heterocycles. The summed E-state index contributed by atoms with van der Waals surface area (Å²) in [6, 6.07) is 9.63. The molecule has 0 heterocycles. The molecule has 0 radical (unpaired) electrons. The summed E-state index contributed by atoms with van der Waals surface area (Å²) in [6.45, 7) is 9.46. The van der Waals surface area contributed by atoms with E-state index in [4.69, 9.17) is 4.74 Å². The molecule has 0 saturated heterocycles. The van der Waals surface area contributed by atoms with E-state index in [1.54, 1.807) is 6.92 Å². The van der Waals surface area contributed by atoms with Crippen LogP contribution in [0.3, 0.4) is 0 Å². The zero-order valence-electron chi connectivity index (χ0n) is 15.8. The van der Waals surface area contributed by atoms with E-state index in [-0.39, 0.29) is 24.0 Å². The number of hydrogen-bond donors (Lipinski definition) is 3. The molecule has 1 aromatic rings. The average molecular weight is 463 g/mol. The second-order valence-electron chi connectivity index (χ2n) is 6.08. The van der Waals surface area contributed by atoms with Crippen LogP contribution in [0.5, 0.6) is 0 Å². The van der Waals surface area contributed by atoms with Gasteiger partial charge in [-0.1, -0.05) is 43.7 Å². The summed E-state index contributed by atoms with van der Waals surface area (Å²) in [5, 5.41) is 17.1. The molecular weight excluding hydrogens is 429 g/mol. The summed E-state index contributed by atoms with van der Waals surface area (Å²) in [4.78, 5) is 4.51. The molecule has 5 nitrogen and oxygen atoms in total. The predicted octanol–water partition coefficient (Wildman–Crippen LogP) is 3.27. The molecule has 1 unspecified atom stereocenters. The molecule has 0 aromatic heterocycles. The van der Waals surface area contributed by atoms with Crippen LogP contribution in [0.15, 0.2) is 35.3 Å². The Balaban J connectivity index is 0.00000576. The SMILES string of the molecule is CCCCOCCCNC(=NCC(C)(O)c1ccccc1)NCC.I. The smallest absolute Gasteiger partial charge is 0.191 e. The van der Waals surface area contributed by atoms with E-state index >= 15 is 0 Å². The Morgan fingerprint density at radius 2 is 1.80 bits per heavy atom. The molecule has 0 bridgehead atoms. The molecule has 0 saturated carbocycles. The van der Waals surface area contributed by atoms with Gasteiger partial charge in [-0.25, -0.2) is 4.99 Å². The molecule has 0 aliphatic carbocycles. The number of unbranched alkanes of at least 4 members (excludes halogenated alkanes) is 1. The van der Waals surface area contributed by atoms with Gasteiger partial charge in [-0.2, -0.15) is 0 Å². The van der Waals surface area contributed by atoms with Crippen LogP contribution < -0.4 is 10.6 Å². The van der Waals surface area contributed by atoms with Gasteiger partial charge < -0.3 is 20.5 Å². The zero-order chi connectivity index (χ0) is 17.7. The van der Waals surface area contributed by atoms with Crippen LogP contribution >= 0.6 is 24.0 Å². The molecule has 0 amide bonds. The topological polar surface area (TPSA) is 65.9 Å². The van der Waals surface area contributed by atoms with Crippen LogP contribution in [0.2, 0.25) is 0 Å². The van der Waals surface area contributed by atoms with E-state index in [0.717, 1.165) is 57.1 Å². The van der Waals surface area contributed by atoms with Gasteiger partial charge in [0, 0.05) is 26.3 Å². The Hall–Kier alpha value is -0.860. The van der Waals surface area contributed by atoms with Crippen molar-refractivity contribution in [3.05, 3.63) is 35.9 Å². The summed E-state index contributed by atoms with van der Waals surface area (Å²) in [6.07, 6.45) is 3.21. The molecule has 3 N–H and O–H groups in total. The maximum Gasteiger partial charge on any atom is 0.191 e. The van der Waals surface area contributed by atoms with Crippen molar-refractivity contribution in [1.29, 1.82) is 0 Å². The number of guanidine groups is 1. The number of halogens is 1. The second kappa shape index (κ2) is 14.3. The van der Waals surface area contributed by atoms with Crippen LogP contribution in [0, 0.1) is 0 Å². The Morgan fingerprint density at radius 3 is 2.44 bits per heavy atom. The molecule has 0 spiro atoms. The van der Waals surface area contributed by atoms with E-state index < -0.39 is 5.60 Å². The Morgan fingerprint density at radius 1 is 1.12 bits per heavy atom. The van der Waals surface area contributed by atoms with Crippen molar-refractivity contribution in [1.82, 2.24) is 10.6 Å². The third kappa shape index (κ3) is 10.7. The van der Waals surface area contributed by atoms with Crippen molar-refractivity contribution in [2.24, 2.45) is 4.99 Å². The molecule has 25 heavy (non-hydrogen) atoms. The lowest BCUT2D eigenvalue weighted by atomic mass is 9.96. The van der Waals surface area contributed by atoms with E-state index in [0.29, 0.717) is 6.54 Å². The summed E-state index contributed by atoms with van der Waals surface area (Å²) < 4.78 is 5.55. The van der Waals surface area contributed by atoms with Crippen molar-refractivity contribution < 1.29 is 9.84 Å². The summed E-state index contributed by atoms with van der Waals surface area (Å²) in [5.41, 5.74) is -0.110. The molecule has 1 rings (SSSR count). The number of benzene rings is 1. The van der Waals surface area contributed by atoms with Gasteiger partial charge in [0.05, 0.1) is 6.54 Å². The Labute approximate surface area is 169 Å². The fourth-order valence-corrected chi connectivity index (χ4v) is 2.19. The lowest BCUT2D eigenvalue weighted by Gasteiger charge is -2.22. The van der Waals surface area contributed by atoms with E-state index in [9.17, 15) is 5.11 Å². The first-order chi connectivity index (χ1) is 11.6. The zero-order valence-corrected chi connectivity index (χ0v) is 18.1. The standard InChI is InChI=1S/C19H33N3O2.HI/c1-4-6-14-24-15-10-13-21-18(20-5-2)22-16-19(3,23)17-11-8-7-9-12-17;/h7-9,11-12,23H,4-6,10,13-16H2,1-3H3,(H2,20,21,22);1H. The largest absolute Gasteiger partial charge is 0.384 e. The van der Waals surface area contributed by atoms with Crippen molar-refractivity contribution >= 4 is 29.9 Å². The van der Waals surface area contributed by atoms with Crippen molar-refractivity contribution in [3.63, 3.8) is 0 Å². The third-order valence-corrected chi connectivity index (χ3v) is 3.69. The van der Waals surface area contributed by atoms with E-state index in [2.05, 4.69) is 22.5 Å². The average Bonchev–Trinajstić information content (AvgIpc) is 2.59. The van der Waals surface area contributed by atoms with Crippen LogP contribution in [0.25, 0.3) is 0 Å². The van der Waals surface area contributed by atoms with Gasteiger partial charge in [0.15, 0.2) is 5.96 Å². The van der Waals surface area contributed by atoms with Gasteiger partial charge in [-0.05, 0) is 32.3 Å². The number of nitrogens with one attached hydrogen (secondary N) is 2. The quantitative estimate of drug-likeness (QED) is 0.204. The van der Waals surface area contributed by atoms with Gasteiger partial charge in [-0.3, -0.25) is 0 Å². The van der Waals surface area contributed by atoms with Gasteiger partial charge in [-0.15, -0.1) is 24.0 Å². The van der Waals surface area contributed by atoms with Crippen molar-refractivity contribution in [2.45, 2.75) is 45.6 Å². The number of aliphatic hydroxyl groups is 1. The minimum Gasteiger partial charge on any atom is -0.384 e. The normalized spacial score (nSPS) is 13.7. The van der Waals surface area contributed by atoms with Crippen LogP contribution in [0.4, 0.5) is 0 Å². The maximum atomic E-state index is 10.6. The first-order valence-corrected chi connectivity index (χ1v) is 8.98. The van der Waals surface area contributed by atoms with Gasteiger partial charge in [0.1, 0.15) is 5.60 Å². The van der Waals surface area contributed by atoms with E-state index in [1.807, 2.05) is 37.3 Å². The second-order valence-corrected chi connectivity index (χ2v) is 6.08. The molecule has 1 atom stereocenters. The lowest BCUT2D eigenvalue weighted by Crippen LogP contribution is -2.39. The summed E-state index contributed by atoms with van der Waals surface area (Å²) in [7, 11) is 0. The van der Waals surface area contributed by atoms with Gasteiger partial charge in [0.2, 0.25) is 0 Å². The number of nitrogens with zero attached hydrogens (tertiary/aromatic N) is 1. The van der Waals surface area contributed by atoms with Gasteiger partial charge in [0.25, 0.3) is 0 Å². The Kier molecular flexibility index (Phi) is 13.8. The molecule has 0 fully saturated rings. The fourth-order valence-electron chi connectivity index (χ4n) is 2.19. The summed E-state index contributed by atoms with van der Waals surface area (Å²) >= 11 is 0. The van der Waals surface area contributed by atoms with Crippen LogP contribution in [0.1, 0.15) is 45.6 Å². The molecule has 6 heteroatoms. The third-order valence-electron chi connectivity index (χ3n) is 3.69. The summed E-state index contributed by atoms with van der Waals surface area (Å²) in [5.74, 6) is 0.724. The lowest BCUT2D eigenvalue weighted by molar-refractivity contribution is 0.0672. The highest BCUT2D eigenvalue weighted by Crippen LogP contribution is 2.20. The Bertz CT molecular complexity index is 467. The molecular formula is C19H34IN3O2. The van der Waals surface area contributed by atoms with Crippen molar-refractivity contribution in [3.8, 4) is 0 Å². The highest BCUT2D eigenvalue weighted by atomic mass is 127. The van der Waals surface area contributed by atoms with Gasteiger partial charge >= 0.3 is 0 Å². The number of rotatable bonds is 11. The monoisotopic (exact) mass is 463 g/mol. The predicted molar refractivity (Wildman–Crippen MR) is 116 cm³/mol. The molecule has 0 aliphatic rings. The molecule has 144 valence electrons. The first-order valence-electron chi connectivity index (χ1n) is 8.98. The first kappa shape index (κ1) is 24.1. The highest BCUT2D eigenvalue weighted by molar-refractivity contribution is 14.0. The van der Waals surface area contributed by atoms with E-state index in [1.165, 1.54) is 0 Å². The van der Waals surface area contributed by atoms with Crippen LogP contribution in [-0.2, 0) is 10.3 Å². The van der Waals surface area contributed by atoms with Crippen LogP contribution in [-0.4, -0.2) is 43.9 Å². The fraction of sp³-hybridized carbons (Fsp3) is 0.632. The highest BCUT2D eigenvalue weighted by Gasteiger charge is 2.22. The number of aliphatic imine (C=N–C) groups is 1. The maximum absolute atomic E-state index is 10.6. The molecule has 1 aromatic carbocycles.